The maximum atomic E-state index is 5.27. The van der Waals surface area contributed by atoms with E-state index in [2.05, 4.69) is 117 Å². The van der Waals surface area contributed by atoms with Gasteiger partial charge in [0.25, 0.3) is 0 Å². The number of rotatable bonds is 7. The van der Waals surface area contributed by atoms with Crippen LogP contribution in [0.1, 0.15) is 0 Å². The summed E-state index contributed by atoms with van der Waals surface area (Å²) in [7, 11) is 0. The Morgan fingerprint density at radius 3 is 0.855 bits per heavy atom. The van der Waals surface area contributed by atoms with Crippen LogP contribution < -0.4 is 0 Å². The predicted molar refractivity (Wildman–Crippen MR) is 278 cm³/mol. The predicted octanol–water partition coefficient (Wildman–Crippen LogP) is 14.0. The Hall–Kier alpha value is -9.60. The van der Waals surface area contributed by atoms with E-state index in [-0.39, 0.29) is 0 Å². The monoisotopic (exact) mass is 883 g/mol. The molecule has 0 saturated heterocycles. The van der Waals surface area contributed by atoms with Crippen LogP contribution in [0.25, 0.3) is 129 Å². The molecule has 0 radical (unpaired) electrons. The molecule has 0 aliphatic rings. The van der Waals surface area contributed by atoms with Gasteiger partial charge >= 0.3 is 0 Å². The second-order valence-corrected chi connectivity index (χ2v) is 17.1. The van der Waals surface area contributed by atoms with Gasteiger partial charge in [-0.25, -0.2) is 9.97 Å². The van der Waals surface area contributed by atoms with E-state index in [0.717, 1.165) is 93.4 Å². The third-order valence-corrected chi connectivity index (χ3v) is 13.2. The number of aromatic nitrogens is 9. The van der Waals surface area contributed by atoms with E-state index < -0.39 is 0 Å². The third kappa shape index (κ3) is 6.11. The molecule has 9 nitrogen and oxygen atoms in total. The normalized spacial score (nSPS) is 11.8. The lowest BCUT2D eigenvalue weighted by molar-refractivity contribution is 0.953. The van der Waals surface area contributed by atoms with Gasteiger partial charge in [-0.3, -0.25) is 9.13 Å². The van der Waals surface area contributed by atoms with Crippen LogP contribution in [0, 0.1) is 0 Å². The number of nitrogens with zero attached hydrogens (tertiary/aromatic N) is 9. The Morgan fingerprint density at radius 2 is 0.507 bits per heavy atom. The average molecular weight is 884 g/mol. The van der Waals surface area contributed by atoms with Crippen LogP contribution >= 0.6 is 0 Å². The Morgan fingerprint density at radius 1 is 0.217 bits per heavy atom. The Balaban J connectivity index is 1.12. The third-order valence-electron chi connectivity index (χ3n) is 13.2. The van der Waals surface area contributed by atoms with Crippen LogP contribution in [0.5, 0.6) is 0 Å². The molecule has 0 amide bonds. The van der Waals surface area contributed by atoms with Crippen LogP contribution in [-0.2, 0) is 0 Å². The number of para-hydroxylation sites is 3. The van der Waals surface area contributed by atoms with Crippen LogP contribution in [-0.4, -0.2) is 43.6 Å². The molecular formula is C60H37N9. The number of hydrogen-bond acceptors (Lipinski definition) is 6. The first kappa shape index (κ1) is 38.6. The highest BCUT2D eigenvalue weighted by Crippen LogP contribution is 2.47. The van der Waals surface area contributed by atoms with Crippen molar-refractivity contribution in [2.24, 2.45) is 0 Å². The lowest BCUT2D eigenvalue weighted by Crippen LogP contribution is -2.06. The highest BCUT2D eigenvalue weighted by atomic mass is 15.2. The molecular weight excluding hydrogens is 847 g/mol. The summed E-state index contributed by atoms with van der Waals surface area (Å²) >= 11 is 0. The van der Waals surface area contributed by atoms with Crippen LogP contribution in [0.2, 0.25) is 0 Å². The molecule has 0 aliphatic carbocycles. The zero-order valence-electron chi connectivity index (χ0n) is 36.9. The van der Waals surface area contributed by atoms with E-state index in [1.807, 2.05) is 121 Å². The first-order valence-electron chi connectivity index (χ1n) is 23.0. The quantitative estimate of drug-likeness (QED) is 0.158. The molecule has 5 heterocycles. The highest BCUT2D eigenvalue weighted by Gasteiger charge is 2.27. The average Bonchev–Trinajstić information content (AvgIpc) is 4.07. The van der Waals surface area contributed by atoms with Crippen molar-refractivity contribution in [2.75, 3.05) is 0 Å². The van der Waals surface area contributed by atoms with Crippen molar-refractivity contribution >= 4 is 65.4 Å². The van der Waals surface area contributed by atoms with Gasteiger partial charge in [-0.2, -0.15) is 19.9 Å². The number of fused-ring (bicyclic) bond motifs is 11. The smallest absolute Gasteiger partial charge is 0.238 e. The van der Waals surface area contributed by atoms with E-state index in [1.54, 1.807) is 0 Å². The molecule has 14 aromatic rings. The van der Waals surface area contributed by atoms with Gasteiger partial charge in [0.15, 0.2) is 23.3 Å². The van der Waals surface area contributed by atoms with E-state index in [1.165, 1.54) is 0 Å². The van der Waals surface area contributed by atoms with Crippen molar-refractivity contribution in [3.63, 3.8) is 0 Å². The molecule has 0 bridgehead atoms. The molecule has 9 aromatic carbocycles. The van der Waals surface area contributed by atoms with Crippen LogP contribution in [0.15, 0.2) is 224 Å². The first-order valence-corrected chi connectivity index (χ1v) is 23.0. The van der Waals surface area contributed by atoms with Gasteiger partial charge in [0.05, 0.1) is 33.1 Å². The summed E-state index contributed by atoms with van der Waals surface area (Å²) in [5.74, 6) is 3.49. The lowest BCUT2D eigenvalue weighted by Gasteiger charge is -2.11. The van der Waals surface area contributed by atoms with Crippen LogP contribution in [0.4, 0.5) is 0 Å². The van der Waals surface area contributed by atoms with E-state index in [9.17, 15) is 0 Å². The first-order chi connectivity index (χ1) is 34.2. The summed E-state index contributed by atoms with van der Waals surface area (Å²) in [6.45, 7) is 0. The molecule has 322 valence electrons. The molecule has 69 heavy (non-hydrogen) atoms. The fourth-order valence-corrected chi connectivity index (χ4v) is 10.2. The Labute approximate surface area is 394 Å². The van der Waals surface area contributed by atoms with Crippen molar-refractivity contribution < 1.29 is 0 Å². The zero-order chi connectivity index (χ0) is 45.4. The maximum Gasteiger partial charge on any atom is 0.238 e. The van der Waals surface area contributed by atoms with E-state index >= 15 is 0 Å². The summed E-state index contributed by atoms with van der Waals surface area (Å²) < 4.78 is 6.82. The van der Waals surface area contributed by atoms with Gasteiger partial charge in [0.1, 0.15) is 0 Å². The fraction of sp³-hybridized carbons (Fsp3) is 0. The minimum atomic E-state index is 0.542. The standard InChI is InChI=1S/C60H37N9/c1-6-20-38(21-7-1)55-61-56(39-22-8-2-9-23-39)64-59(63-55)68-45-32-18-16-30-43(45)51-47(68)34-36-49-53(51)54-50(67(49)42-28-14-5-15-29-42)37-35-48-52(54)44-31-17-19-33-46(44)69(48)60-65-57(40-24-10-3-11-25-40)62-58(66-60)41-26-12-4-13-27-41/h1-37H. The number of benzene rings is 9. The fourth-order valence-electron chi connectivity index (χ4n) is 10.2. The van der Waals surface area contributed by atoms with Gasteiger partial charge in [-0.05, 0) is 48.5 Å². The lowest BCUT2D eigenvalue weighted by atomic mass is 10.0. The van der Waals surface area contributed by atoms with E-state index in [0.29, 0.717) is 35.2 Å². The molecule has 9 heteroatoms. The SMILES string of the molecule is c1ccc(-c2nc(-c3ccccc3)nc(-n3c4ccccc4c4c5c6c7c8ccccc8n(-c8nc(-c9ccccc9)nc(-c9ccccc9)n8)c7ccc6n(-c6ccccc6)c5ccc43)n2)cc1. The molecule has 5 aromatic heterocycles. The Bertz CT molecular complexity index is 3900. The number of hydrogen-bond donors (Lipinski definition) is 0. The zero-order valence-corrected chi connectivity index (χ0v) is 36.9. The minimum absolute atomic E-state index is 0.542. The largest absolute Gasteiger partial charge is 0.309 e. The summed E-state index contributed by atoms with van der Waals surface area (Å²) in [5.41, 5.74) is 10.8. The van der Waals surface area contributed by atoms with Crippen molar-refractivity contribution in [2.45, 2.75) is 0 Å². The second-order valence-electron chi connectivity index (χ2n) is 17.1. The van der Waals surface area contributed by atoms with Gasteiger partial charge in [0.2, 0.25) is 11.9 Å². The summed E-state index contributed by atoms with van der Waals surface area (Å²) in [5, 5.41) is 6.64. The van der Waals surface area contributed by atoms with Crippen molar-refractivity contribution in [3.8, 4) is 63.1 Å². The molecule has 0 unspecified atom stereocenters. The van der Waals surface area contributed by atoms with E-state index in [4.69, 9.17) is 29.9 Å². The van der Waals surface area contributed by atoms with Crippen molar-refractivity contribution in [1.29, 1.82) is 0 Å². The van der Waals surface area contributed by atoms with Gasteiger partial charge in [-0.1, -0.05) is 176 Å². The second kappa shape index (κ2) is 15.5. The molecule has 0 atom stereocenters. The van der Waals surface area contributed by atoms with Crippen molar-refractivity contribution in [1.82, 2.24) is 43.6 Å². The molecule has 0 N–H and O–H groups in total. The molecule has 0 saturated carbocycles. The Kier molecular flexibility index (Phi) is 8.68. The summed E-state index contributed by atoms with van der Waals surface area (Å²) in [4.78, 5) is 31.2. The minimum Gasteiger partial charge on any atom is -0.309 e. The summed E-state index contributed by atoms with van der Waals surface area (Å²) in [6, 6.07) is 77.4. The summed E-state index contributed by atoms with van der Waals surface area (Å²) in [6.07, 6.45) is 0. The van der Waals surface area contributed by atoms with Crippen LogP contribution in [0.3, 0.4) is 0 Å². The molecule has 0 fully saturated rings. The molecule has 14 rings (SSSR count). The molecule has 0 aliphatic heterocycles. The van der Waals surface area contributed by atoms with Gasteiger partial charge < -0.3 is 4.57 Å². The van der Waals surface area contributed by atoms with Gasteiger partial charge in [-0.15, -0.1) is 0 Å². The highest BCUT2D eigenvalue weighted by molar-refractivity contribution is 6.36. The topological polar surface area (TPSA) is 92.1 Å². The van der Waals surface area contributed by atoms with Crippen molar-refractivity contribution in [3.05, 3.63) is 224 Å². The maximum absolute atomic E-state index is 5.27. The van der Waals surface area contributed by atoms with Gasteiger partial charge in [0, 0.05) is 60.3 Å². The molecule has 0 spiro atoms.